The van der Waals surface area contributed by atoms with Gasteiger partial charge in [0.25, 0.3) is 5.91 Å². The van der Waals surface area contributed by atoms with Crippen LogP contribution in [0.25, 0.3) is 0 Å². The topological polar surface area (TPSA) is 32.3 Å². The van der Waals surface area contributed by atoms with Crippen LogP contribution in [0.2, 0.25) is 0 Å². The lowest BCUT2D eigenvalue weighted by molar-refractivity contribution is -0.140. The van der Waals surface area contributed by atoms with Gasteiger partial charge in [0.15, 0.2) is 0 Å². The molecule has 2 aliphatic heterocycles. The highest BCUT2D eigenvalue weighted by Crippen LogP contribution is 2.40. The molecule has 1 aromatic rings. The van der Waals surface area contributed by atoms with E-state index in [1.807, 2.05) is 0 Å². The molecule has 0 saturated carbocycles. The molecule has 0 aromatic heterocycles. The maximum absolute atomic E-state index is 13.4. The summed E-state index contributed by atoms with van der Waals surface area (Å²) in [6.07, 6.45) is -0.920. The predicted octanol–water partition coefficient (Wildman–Crippen LogP) is 3.45. The molecular formula is C17H20F4N2O. The number of rotatable bonds is 1. The Balaban J connectivity index is 1.72. The summed E-state index contributed by atoms with van der Waals surface area (Å²) in [5, 5.41) is 3.32. The van der Waals surface area contributed by atoms with Crippen molar-refractivity contribution in [1.82, 2.24) is 10.2 Å². The quantitative estimate of drug-likeness (QED) is 0.792. The Bertz CT molecular complexity index is 614. The van der Waals surface area contributed by atoms with Crippen LogP contribution in [0, 0.1) is 11.2 Å². The minimum absolute atomic E-state index is 0.106. The molecule has 3 nitrogen and oxygen atoms in total. The van der Waals surface area contributed by atoms with Crippen LogP contribution in [0.4, 0.5) is 17.6 Å². The van der Waals surface area contributed by atoms with Gasteiger partial charge in [-0.3, -0.25) is 4.79 Å². The number of carbonyl (C=O) groups excluding carboxylic acids is 1. The highest BCUT2D eigenvalue weighted by Gasteiger charge is 2.38. The first-order valence-electron chi connectivity index (χ1n) is 8.18. The monoisotopic (exact) mass is 344 g/mol. The summed E-state index contributed by atoms with van der Waals surface area (Å²) in [5.74, 6) is -1.81. The molecule has 2 fully saturated rings. The van der Waals surface area contributed by atoms with Crippen LogP contribution in [0.5, 0.6) is 0 Å². The lowest BCUT2D eigenvalue weighted by Gasteiger charge is -2.44. The number of nitrogens with one attached hydrogen (secondary N) is 1. The van der Waals surface area contributed by atoms with E-state index in [0.717, 1.165) is 44.8 Å². The van der Waals surface area contributed by atoms with Crippen molar-refractivity contribution in [2.75, 3.05) is 26.2 Å². The number of alkyl halides is 3. The Kier molecular flexibility index (Phi) is 4.55. The molecule has 1 aromatic carbocycles. The van der Waals surface area contributed by atoms with E-state index in [4.69, 9.17) is 0 Å². The number of nitrogens with zero attached hydrogens (tertiary/aromatic N) is 1. The molecule has 2 heterocycles. The molecule has 0 atom stereocenters. The third-order valence-electron chi connectivity index (χ3n) is 5.29. The van der Waals surface area contributed by atoms with E-state index in [-0.39, 0.29) is 11.0 Å². The number of hydrogen-bond donors (Lipinski definition) is 1. The van der Waals surface area contributed by atoms with Gasteiger partial charge in [-0.05, 0) is 62.4 Å². The first kappa shape index (κ1) is 17.2. The van der Waals surface area contributed by atoms with Crippen LogP contribution in [-0.2, 0) is 6.18 Å². The summed E-state index contributed by atoms with van der Waals surface area (Å²) >= 11 is 0. The summed E-state index contributed by atoms with van der Waals surface area (Å²) in [6.45, 7) is 3.02. The van der Waals surface area contributed by atoms with E-state index in [2.05, 4.69) is 5.32 Å². The van der Waals surface area contributed by atoms with Gasteiger partial charge in [-0.15, -0.1) is 0 Å². The fourth-order valence-electron chi connectivity index (χ4n) is 3.70. The van der Waals surface area contributed by atoms with Gasteiger partial charge in [0.2, 0.25) is 0 Å². The third kappa shape index (κ3) is 3.41. The Morgan fingerprint density at radius 2 is 1.71 bits per heavy atom. The molecular weight excluding hydrogens is 324 g/mol. The standard InChI is InChI=1S/C17H20F4N2O/c18-14-2-1-12(11-13(14)17(19,20)21)15(24)23-9-5-16(6-10-23)3-7-22-8-4-16/h1-2,11,22H,3-10H2. The van der Waals surface area contributed by atoms with Gasteiger partial charge in [0.1, 0.15) is 5.82 Å². The Labute approximate surface area is 138 Å². The second-order valence-electron chi connectivity index (χ2n) is 6.73. The average molecular weight is 344 g/mol. The SMILES string of the molecule is O=C(c1ccc(F)c(C(F)(F)F)c1)N1CCC2(CCNCC2)CC1. The predicted molar refractivity (Wildman–Crippen MR) is 81.1 cm³/mol. The molecule has 1 spiro atoms. The zero-order valence-electron chi connectivity index (χ0n) is 13.3. The number of piperidine rings is 2. The summed E-state index contributed by atoms with van der Waals surface area (Å²) in [4.78, 5) is 14.1. The molecule has 2 saturated heterocycles. The summed E-state index contributed by atoms with van der Waals surface area (Å²) < 4.78 is 51.8. The summed E-state index contributed by atoms with van der Waals surface area (Å²) in [5.41, 5.74) is -1.24. The highest BCUT2D eigenvalue weighted by atomic mass is 19.4. The van der Waals surface area contributed by atoms with Crippen LogP contribution < -0.4 is 5.32 Å². The molecule has 132 valence electrons. The van der Waals surface area contributed by atoms with E-state index < -0.39 is 23.5 Å². The molecule has 24 heavy (non-hydrogen) atoms. The minimum atomic E-state index is -4.80. The molecule has 0 aliphatic carbocycles. The van der Waals surface area contributed by atoms with Crippen molar-refractivity contribution in [3.63, 3.8) is 0 Å². The number of amides is 1. The zero-order valence-corrected chi connectivity index (χ0v) is 13.3. The average Bonchev–Trinajstić information content (AvgIpc) is 2.55. The molecule has 3 rings (SSSR count). The van der Waals surface area contributed by atoms with E-state index in [1.165, 1.54) is 0 Å². The van der Waals surface area contributed by atoms with Crippen molar-refractivity contribution < 1.29 is 22.4 Å². The van der Waals surface area contributed by atoms with Crippen molar-refractivity contribution in [2.45, 2.75) is 31.9 Å². The summed E-state index contributed by atoms with van der Waals surface area (Å²) in [7, 11) is 0. The molecule has 0 radical (unpaired) electrons. The zero-order chi connectivity index (χ0) is 17.4. The second-order valence-corrected chi connectivity index (χ2v) is 6.73. The van der Waals surface area contributed by atoms with E-state index in [9.17, 15) is 22.4 Å². The minimum Gasteiger partial charge on any atom is -0.339 e. The van der Waals surface area contributed by atoms with E-state index >= 15 is 0 Å². The molecule has 0 bridgehead atoms. The summed E-state index contributed by atoms with van der Waals surface area (Å²) in [6, 6.07) is 2.46. The molecule has 0 unspecified atom stereocenters. The maximum Gasteiger partial charge on any atom is 0.419 e. The fourth-order valence-corrected chi connectivity index (χ4v) is 3.70. The van der Waals surface area contributed by atoms with Gasteiger partial charge < -0.3 is 10.2 Å². The van der Waals surface area contributed by atoms with Gasteiger partial charge in [-0.1, -0.05) is 0 Å². The first-order chi connectivity index (χ1) is 11.3. The maximum atomic E-state index is 13.4. The normalized spacial score (nSPS) is 21.1. The lowest BCUT2D eigenvalue weighted by Crippen LogP contribution is -2.47. The van der Waals surface area contributed by atoms with Crippen molar-refractivity contribution in [3.8, 4) is 0 Å². The molecule has 7 heteroatoms. The first-order valence-corrected chi connectivity index (χ1v) is 8.18. The van der Waals surface area contributed by atoms with Gasteiger partial charge in [0.05, 0.1) is 5.56 Å². The largest absolute Gasteiger partial charge is 0.419 e. The third-order valence-corrected chi connectivity index (χ3v) is 5.29. The van der Waals surface area contributed by atoms with Crippen LogP contribution in [-0.4, -0.2) is 37.0 Å². The van der Waals surface area contributed by atoms with Gasteiger partial charge in [-0.2, -0.15) is 13.2 Å². The fraction of sp³-hybridized carbons (Fsp3) is 0.588. The van der Waals surface area contributed by atoms with Crippen LogP contribution in [0.15, 0.2) is 18.2 Å². The van der Waals surface area contributed by atoms with Crippen molar-refractivity contribution in [2.24, 2.45) is 5.41 Å². The molecule has 2 aliphatic rings. The van der Waals surface area contributed by atoms with Crippen LogP contribution >= 0.6 is 0 Å². The Morgan fingerprint density at radius 3 is 2.29 bits per heavy atom. The number of likely N-dealkylation sites (tertiary alicyclic amines) is 1. The van der Waals surface area contributed by atoms with Gasteiger partial charge in [0, 0.05) is 18.7 Å². The van der Waals surface area contributed by atoms with Crippen LogP contribution in [0.1, 0.15) is 41.6 Å². The number of carbonyl (C=O) groups is 1. The second kappa shape index (κ2) is 6.35. The molecule has 1 N–H and O–H groups in total. The van der Waals surface area contributed by atoms with E-state index in [0.29, 0.717) is 25.2 Å². The van der Waals surface area contributed by atoms with Gasteiger partial charge in [-0.25, -0.2) is 4.39 Å². The highest BCUT2D eigenvalue weighted by molar-refractivity contribution is 5.94. The number of hydrogen-bond acceptors (Lipinski definition) is 2. The van der Waals surface area contributed by atoms with Crippen molar-refractivity contribution >= 4 is 5.91 Å². The number of benzene rings is 1. The number of halogens is 4. The van der Waals surface area contributed by atoms with Crippen LogP contribution in [0.3, 0.4) is 0 Å². The van der Waals surface area contributed by atoms with Crippen molar-refractivity contribution in [1.29, 1.82) is 0 Å². The Morgan fingerprint density at radius 1 is 1.08 bits per heavy atom. The smallest absolute Gasteiger partial charge is 0.339 e. The lowest BCUT2D eigenvalue weighted by atomic mass is 9.71. The molecule has 1 amide bonds. The Hall–Kier alpha value is -1.63. The van der Waals surface area contributed by atoms with Gasteiger partial charge >= 0.3 is 6.18 Å². The van der Waals surface area contributed by atoms with Crippen molar-refractivity contribution in [3.05, 3.63) is 35.1 Å². The van der Waals surface area contributed by atoms with E-state index in [1.54, 1.807) is 4.90 Å².